The number of nitrogens with zero attached hydrogens (tertiary/aromatic N) is 2. The molecule has 1 heterocycles. The summed E-state index contributed by atoms with van der Waals surface area (Å²) in [6.07, 6.45) is 4.18. The summed E-state index contributed by atoms with van der Waals surface area (Å²) in [5, 5.41) is 14.0. The molecule has 0 aliphatic heterocycles. The van der Waals surface area contributed by atoms with E-state index in [2.05, 4.69) is 28.0 Å². The standard InChI is InChI=1S/C13H22BrN3O/c1-9-12(14)10(2)17(16-9)7-5-11-4-3-6-13(11,15)8-18/h11,18H,3-8,15H2,1-2H3. The van der Waals surface area contributed by atoms with Gasteiger partial charge in [-0.2, -0.15) is 5.10 Å². The summed E-state index contributed by atoms with van der Waals surface area (Å²) in [4.78, 5) is 0. The first-order chi connectivity index (χ1) is 8.48. The minimum absolute atomic E-state index is 0.0957. The molecular weight excluding hydrogens is 294 g/mol. The second-order valence-electron chi connectivity index (χ2n) is 5.48. The molecule has 1 aliphatic rings. The molecule has 0 bridgehead atoms. The first-order valence-electron chi connectivity index (χ1n) is 6.57. The van der Waals surface area contributed by atoms with Crippen molar-refractivity contribution < 1.29 is 5.11 Å². The van der Waals surface area contributed by atoms with Crippen LogP contribution in [0, 0.1) is 19.8 Å². The Kier molecular flexibility index (Phi) is 4.14. The van der Waals surface area contributed by atoms with E-state index >= 15 is 0 Å². The Bertz CT molecular complexity index is 432. The summed E-state index contributed by atoms with van der Waals surface area (Å²) in [5.41, 5.74) is 8.08. The third-order valence-electron chi connectivity index (χ3n) is 4.28. The molecule has 1 aromatic rings. The molecular formula is C13H22BrN3O. The quantitative estimate of drug-likeness (QED) is 0.894. The minimum Gasteiger partial charge on any atom is -0.394 e. The second kappa shape index (κ2) is 5.31. The van der Waals surface area contributed by atoms with Crippen LogP contribution in [0.1, 0.15) is 37.1 Å². The van der Waals surface area contributed by atoms with E-state index in [0.29, 0.717) is 5.92 Å². The van der Waals surface area contributed by atoms with Crippen molar-refractivity contribution in [2.24, 2.45) is 11.7 Å². The smallest absolute Gasteiger partial charge is 0.0738 e. The predicted octanol–water partition coefficient (Wildman–Crippen LogP) is 2.14. The lowest BCUT2D eigenvalue weighted by Gasteiger charge is -2.29. The van der Waals surface area contributed by atoms with E-state index in [9.17, 15) is 5.11 Å². The number of aliphatic hydroxyl groups is 1. The van der Waals surface area contributed by atoms with Crippen LogP contribution in [0.2, 0.25) is 0 Å². The van der Waals surface area contributed by atoms with Crippen molar-refractivity contribution in [2.75, 3.05) is 6.61 Å². The van der Waals surface area contributed by atoms with Crippen molar-refractivity contribution in [1.82, 2.24) is 9.78 Å². The number of nitrogens with two attached hydrogens (primary N) is 1. The SMILES string of the molecule is Cc1nn(CCC2CCCC2(N)CO)c(C)c1Br. The van der Waals surface area contributed by atoms with Gasteiger partial charge in [-0.1, -0.05) is 6.42 Å². The summed E-state index contributed by atoms with van der Waals surface area (Å²) < 4.78 is 3.13. The highest BCUT2D eigenvalue weighted by molar-refractivity contribution is 9.10. The molecule has 2 rings (SSSR count). The van der Waals surface area contributed by atoms with E-state index in [-0.39, 0.29) is 12.1 Å². The van der Waals surface area contributed by atoms with E-state index in [1.807, 2.05) is 11.6 Å². The monoisotopic (exact) mass is 315 g/mol. The number of hydrogen-bond acceptors (Lipinski definition) is 3. The first kappa shape index (κ1) is 14.0. The molecule has 102 valence electrons. The van der Waals surface area contributed by atoms with E-state index < -0.39 is 0 Å². The highest BCUT2D eigenvalue weighted by Gasteiger charge is 2.38. The zero-order valence-electron chi connectivity index (χ0n) is 11.1. The van der Waals surface area contributed by atoms with Gasteiger partial charge in [0, 0.05) is 17.8 Å². The zero-order valence-corrected chi connectivity index (χ0v) is 12.7. The number of aliphatic hydroxyl groups excluding tert-OH is 1. The molecule has 5 heteroatoms. The number of aromatic nitrogens is 2. The van der Waals surface area contributed by atoms with Crippen molar-refractivity contribution in [1.29, 1.82) is 0 Å². The van der Waals surface area contributed by atoms with Crippen molar-refractivity contribution >= 4 is 15.9 Å². The number of rotatable bonds is 4. The topological polar surface area (TPSA) is 64.1 Å². The zero-order chi connectivity index (χ0) is 13.3. The van der Waals surface area contributed by atoms with Gasteiger partial charge in [-0.3, -0.25) is 4.68 Å². The fourth-order valence-corrected chi connectivity index (χ4v) is 3.26. The van der Waals surface area contributed by atoms with Gasteiger partial charge in [0.05, 0.1) is 16.8 Å². The molecule has 1 fully saturated rings. The molecule has 0 spiro atoms. The number of halogens is 1. The molecule has 0 amide bonds. The van der Waals surface area contributed by atoms with Crippen molar-refractivity contribution in [3.63, 3.8) is 0 Å². The Morgan fingerprint density at radius 3 is 2.83 bits per heavy atom. The molecule has 0 aromatic carbocycles. The lowest BCUT2D eigenvalue weighted by atomic mass is 9.86. The van der Waals surface area contributed by atoms with E-state index in [1.165, 1.54) is 0 Å². The predicted molar refractivity (Wildman–Crippen MR) is 75.4 cm³/mol. The molecule has 0 saturated heterocycles. The van der Waals surface area contributed by atoms with Gasteiger partial charge in [-0.15, -0.1) is 0 Å². The van der Waals surface area contributed by atoms with Crippen molar-refractivity contribution in [2.45, 2.75) is 51.6 Å². The number of hydrogen-bond donors (Lipinski definition) is 2. The van der Waals surface area contributed by atoms with Crippen LogP contribution in [0.3, 0.4) is 0 Å². The summed E-state index contributed by atoms with van der Waals surface area (Å²) in [6.45, 7) is 5.05. The summed E-state index contributed by atoms with van der Waals surface area (Å²) in [7, 11) is 0. The lowest BCUT2D eigenvalue weighted by molar-refractivity contribution is 0.152. The Balaban J connectivity index is 2.01. The first-order valence-corrected chi connectivity index (χ1v) is 7.36. The molecule has 1 aromatic heterocycles. The van der Waals surface area contributed by atoms with Gasteiger partial charge < -0.3 is 10.8 Å². The summed E-state index contributed by atoms with van der Waals surface area (Å²) >= 11 is 3.54. The Hall–Kier alpha value is -0.390. The molecule has 2 atom stereocenters. The highest BCUT2D eigenvalue weighted by Crippen LogP contribution is 2.36. The number of aryl methyl sites for hydroxylation is 2. The Morgan fingerprint density at radius 2 is 2.28 bits per heavy atom. The van der Waals surface area contributed by atoms with Crippen molar-refractivity contribution in [3.8, 4) is 0 Å². The van der Waals surface area contributed by atoms with Crippen LogP contribution in [0.15, 0.2) is 4.47 Å². The van der Waals surface area contributed by atoms with Crippen LogP contribution in [-0.2, 0) is 6.54 Å². The second-order valence-corrected chi connectivity index (χ2v) is 6.27. The third kappa shape index (κ3) is 2.49. The maximum Gasteiger partial charge on any atom is 0.0738 e. The van der Waals surface area contributed by atoms with Crippen LogP contribution in [-0.4, -0.2) is 27.0 Å². The minimum atomic E-state index is -0.368. The third-order valence-corrected chi connectivity index (χ3v) is 5.43. The maximum atomic E-state index is 9.44. The molecule has 3 N–H and O–H groups in total. The molecule has 1 aliphatic carbocycles. The van der Waals surface area contributed by atoms with Gasteiger partial charge >= 0.3 is 0 Å². The van der Waals surface area contributed by atoms with E-state index in [0.717, 1.165) is 48.1 Å². The Labute approximate surface area is 117 Å². The van der Waals surface area contributed by atoms with Gasteiger partial charge in [-0.05, 0) is 55.0 Å². The molecule has 1 saturated carbocycles. The molecule has 18 heavy (non-hydrogen) atoms. The van der Waals surface area contributed by atoms with Crippen molar-refractivity contribution in [3.05, 3.63) is 15.9 Å². The van der Waals surface area contributed by atoms with Crippen LogP contribution in [0.4, 0.5) is 0 Å². The lowest BCUT2D eigenvalue weighted by Crippen LogP contribution is -2.47. The van der Waals surface area contributed by atoms with Crippen LogP contribution in [0.25, 0.3) is 0 Å². The van der Waals surface area contributed by atoms with Gasteiger partial charge in [0.15, 0.2) is 0 Å². The summed E-state index contributed by atoms with van der Waals surface area (Å²) in [5.74, 6) is 0.408. The summed E-state index contributed by atoms with van der Waals surface area (Å²) in [6, 6.07) is 0. The van der Waals surface area contributed by atoms with E-state index in [1.54, 1.807) is 0 Å². The Morgan fingerprint density at radius 1 is 1.56 bits per heavy atom. The van der Waals surface area contributed by atoms with Gasteiger partial charge in [0.25, 0.3) is 0 Å². The van der Waals surface area contributed by atoms with Crippen LogP contribution in [0.5, 0.6) is 0 Å². The van der Waals surface area contributed by atoms with Gasteiger partial charge in [-0.25, -0.2) is 0 Å². The van der Waals surface area contributed by atoms with Crippen LogP contribution >= 0.6 is 15.9 Å². The normalized spacial score (nSPS) is 27.9. The fourth-order valence-electron chi connectivity index (χ4n) is 2.98. The molecule has 4 nitrogen and oxygen atoms in total. The van der Waals surface area contributed by atoms with Gasteiger partial charge in [0.2, 0.25) is 0 Å². The largest absolute Gasteiger partial charge is 0.394 e. The van der Waals surface area contributed by atoms with Crippen LogP contribution < -0.4 is 5.73 Å². The molecule has 2 unspecified atom stereocenters. The highest BCUT2D eigenvalue weighted by atomic mass is 79.9. The van der Waals surface area contributed by atoms with Gasteiger partial charge in [0.1, 0.15) is 0 Å². The average molecular weight is 316 g/mol. The average Bonchev–Trinajstić information content (AvgIpc) is 2.84. The fraction of sp³-hybridized carbons (Fsp3) is 0.769. The van der Waals surface area contributed by atoms with E-state index in [4.69, 9.17) is 5.73 Å². The molecule has 0 radical (unpaired) electrons. The maximum absolute atomic E-state index is 9.44.